The van der Waals surface area contributed by atoms with Crippen LogP contribution >= 0.6 is 0 Å². The number of hydrogen-bond donors (Lipinski definition) is 1. The summed E-state index contributed by atoms with van der Waals surface area (Å²) in [4.78, 5) is 0. The van der Waals surface area contributed by atoms with Crippen LogP contribution in [0.2, 0.25) is 0 Å². The molecule has 2 unspecified atom stereocenters. The third-order valence-electron chi connectivity index (χ3n) is 2.36. The average Bonchev–Trinajstić information content (AvgIpc) is 2.17. The molecule has 0 bridgehead atoms. The van der Waals surface area contributed by atoms with E-state index < -0.39 is 0 Å². The smallest absolute Gasteiger partial charge is 0.111 e. The fraction of sp³-hybridized carbons (Fsp3) is 0.583. The molecule has 15 heavy (non-hydrogen) atoms. The van der Waals surface area contributed by atoms with Crippen molar-refractivity contribution in [2.45, 2.75) is 38.8 Å². The Morgan fingerprint density at radius 3 is 3.07 bits per heavy atom. The topological polar surface area (TPSA) is 45.0 Å². The predicted octanol–water partition coefficient (Wildman–Crippen LogP) is 2.13. The lowest BCUT2D eigenvalue weighted by molar-refractivity contribution is 0.0120. The molecule has 0 amide bonds. The SMILES string of the molecule is CCOC1(C)C=CC=C(NC(C)C#N)C1. The van der Waals surface area contributed by atoms with E-state index in [1.54, 1.807) is 0 Å². The van der Waals surface area contributed by atoms with Crippen LogP contribution in [-0.2, 0) is 4.74 Å². The first-order chi connectivity index (χ1) is 7.09. The summed E-state index contributed by atoms with van der Waals surface area (Å²) in [7, 11) is 0. The summed E-state index contributed by atoms with van der Waals surface area (Å²) >= 11 is 0. The molecule has 0 fully saturated rings. The van der Waals surface area contributed by atoms with Gasteiger partial charge in [0.1, 0.15) is 6.04 Å². The van der Waals surface area contributed by atoms with Gasteiger partial charge in [-0.15, -0.1) is 0 Å². The number of hydrogen-bond acceptors (Lipinski definition) is 3. The van der Waals surface area contributed by atoms with E-state index >= 15 is 0 Å². The van der Waals surface area contributed by atoms with Gasteiger partial charge in [0.2, 0.25) is 0 Å². The van der Waals surface area contributed by atoms with E-state index in [0.717, 1.165) is 12.1 Å². The Balaban J connectivity index is 2.60. The molecule has 0 radical (unpaired) electrons. The van der Waals surface area contributed by atoms with Gasteiger partial charge in [0.05, 0.1) is 11.7 Å². The Kier molecular flexibility index (Phi) is 3.93. The highest BCUT2D eigenvalue weighted by Gasteiger charge is 2.25. The van der Waals surface area contributed by atoms with Crippen molar-refractivity contribution in [3.63, 3.8) is 0 Å². The molecule has 82 valence electrons. The normalized spacial score (nSPS) is 26.7. The summed E-state index contributed by atoms with van der Waals surface area (Å²) in [6, 6.07) is 2.00. The maximum absolute atomic E-state index is 8.71. The van der Waals surface area contributed by atoms with Crippen molar-refractivity contribution in [3.05, 3.63) is 23.9 Å². The molecule has 3 heteroatoms. The van der Waals surface area contributed by atoms with Gasteiger partial charge in [0.25, 0.3) is 0 Å². The van der Waals surface area contributed by atoms with E-state index in [1.165, 1.54) is 0 Å². The van der Waals surface area contributed by atoms with Gasteiger partial charge in [-0.05, 0) is 26.8 Å². The summed E-state index contributed by atoms with van der Waals surface area (Å²) in [6.07, 6.45) is 6.82. The number of nitrogens with one attached hydrogen (secondary N) is 1. The predicted molar refractivity (Wildman–Crippen MR) is 60.1 cm³/mol. The molecule has 0 heterocycles. The molecule has 1 N–H and O–H groups in total. The van der Waals surface area contributed by atoms with Crippen molar-refractivity contribution < 1.29 is 4.74 Å². The summed E-state index contributed by atoms with van der Waals surface area (Å²) in [5.74, 6) is 0. The molecular weight excluding hydrogens is 188 g/mol. The van der Waals surface area contributed by atoms with E-state index in [9.17, 15) is 0 Å². The zero-order chi connectivity index (χ0) is 11.3. The largest absolute Gasteiger partial charge is 0.373 e. The number of allylic oxidation sites excluding steroid dienone is 2. The van der Waals surface area contributed by atoms with Crippen LogP contribution in [0.1, 0.15) is 27.2 Å². The molecule has 0 aromatic carbocycles. The number of ether oxygens (including phenoxy) is 1. The van der Waals surface area contributed by atoms with E-state index in [2.05, 4.69) is 24.4 Å². The number of rotatable bonds is 4. The van der Waals surface area contributed by atoms with Crippen LogP contribution in [-0.4, -0.2) is 18.2 Å². The highest BCUT2D eigenvalue weighted by molar-refractivity contribution is 5.24. The number of nitriles is 1. The molecule has 0 aromatic heterocycles. The van der Waals surface area contributed by atoms with Gasteiger partial charge in [-0.2, -0.15) is 5.26 Å². The van der Waals surface area contributed by atoms with Crippen LogP contribution in [0.25, 0.3) is 0 Å². The first kappa shape index (κ1) is 11.8. The Bertz CT molecular complexity index is 314. The fourth-order valence-corrected chi connectivity index (χ4v) is 1.70. The molecule has 2 atom stereocenters. The van der Waals surface area contributed by atoms with Crippen LogP contribution in [0, 0.1) is 11.3 Å². The summed E-state index contributed by atoms with van der Waals surface area (Å²) in [6.45, 7) is 6.58. The molecule has 0 aliphatic heterocycles. The number of nitrogens with zero attached hydrogens (tertiary/aromatic N) is 1. The van der Waals surface area contributed by atoms with Gasteiger partial charge < -0.3 is 10.1 Å². The Morgan fingerprint density at radius 2 is 2.47 bits per heavy atom. The molecule has 3 nitrogen and oxygen atoms in total. The lowest BCUT2D eigenvalue weighted by atomic mass is 9.94. The second kappa shape index (κ2) is 4.99. The Labute approximate surface area is 91.4 Å². The zero-order valence-electron chi connectivity index (χ0n) is 9.58. The second-order valence-corrected chi connectivity index (χ2v) is 3.97. The lowest BCUT2D eigenvalue weighted by Crippen LogP contribution is -2.34. The van der Waals surface area contributed by atoms with Crippen molar-refractivity contribution >= 4 is 0 Å². The standard InChI is InChI=1S/C12H18N2O/c1-4-15-12(3)7-5-6-11(8-12)14-10(2)9-13/h5-7,10,14H,4,8H2,1-3H3. The van der Waals surface area contributed by atoms with Crippen LogP contribution in [0.15, 0.2) is 23.9 Å². The van der Waals surface area contributed by atoms with Gasteiger partial charge in [-0.3, -0.25) is 0 Å². The van der Waals surface area contributed by atoms with Gasteiger partial charge in [0.15, 0.2) is 0 Å². The minimum Gasteiger partial charge on any atom is -0.373 e. The molecule has 0 saturated heterocycles. The van der Waals surface area contributed by atoms with Crippen LogP contribution in [0.5, 0.6) is 0 Å². The van der Waals surface area contributed by atoms with Gasteiger partial charge in [-0.1, -0.05) is 12.2 Å². The van der Waals surface area contributed by atoms with E-state index in [4.69, 9.17) is 10.00 Å². The molecule has 1 aliphatic carbocycles. The van der Waals surface area contributed by atoms with Gasteiger partial charge in [0, 0.05) is 18.7 Å². The summed E-state index contributed by atoms with van der Waals surface area (Å²) in [5.41, 5.74) is 0.823. The molecule has 0 aromatic rings. The van der Waals surface area contributed by atoms with Gasteiger partial charge in [-0.25, -0.2) is 0 Å². The lowest BCUT2D eigenvalue weighted by Gasteiger charge is -2.30. The minimum absolute atomic E-state index is 0.159. The first-order valence-electron chi connectivity index (χ1n) is 5.28. The van der Waals surface area contributed by atoms with Crippen molar-refractivity contribution in [2.24, 2.45) is 0 Å². The Morgan fingerprint density at radius 1 is 1.73 bits per heavy atom. The van der Waals surface area contributed by atoms with E-state index in [1.807, 2.05) is 26.0 Å². The van der Waals surface area contributed by atoms with Crippen LogP contribution in [0.3, 0.4) is 0 Å². The van der Waals surface area contributed by atoms with Crippen molar-refractivity contribution in [3.8, 4) is 6.07 Å². The minimum atomic E-state index is -0.235. The van der Waals surface area contributed by atoms with Crippen molar-refractivity contribution in [1.29, 1.82) is 5.26 Å². The molecule has 0 saturated carbocycles. The summed E-state index contributed by atoms with van der Waals surface area (Å²) in [5, 5.41) is 11.9. The zero-order valence-corrected chi connectivity index (χ0v) is 9.58. The highest BCUT2D eigenvalue weighted by Crippen LogP contribution is 2.25. The first-order valence-corrected chi connectivity index (χ1v) is 5.28. The molecular formula is C12H18N2O. The quantitative estimate of drug-likeness (QED) is 0.766. The van der Waals surface area contributed by atoms with E-state index in [0.29, 0.717) is 6.61 Å². The van der Waals surface area contributed by atoms with Gasteiger partial charge >= 0.3 is 0 Å². The van der Waals surface area contributed by atoms with E-state index in [-0.39, 0.29) is 11.6 Å². The second-order valence-electron chi connectivity index (χ2n) is 3.97. The fourth-order valence-electron chi connectivity index (χ4n) is 1.70. The van der Waals surface area contributed by atoms with Crippen LogP contribution in [0.4, 0.5) is 0 Å². The maximum Gasteiger partial charge on any atom is 0.111 e. The average molecular weight is 206 g/mol. The maximum atomic E-state index is 8.71. The monoisotopic (exact) mass is 206 g/mol. The summed E-state index contributed by atoms with van der Waals surface area (Å²) < 4.78 is 5.67. The Hall–Kier alpha value is -1.27. The molecule has 1 rings (SSSR count). The van der Waals surface area contributed by atoms with Crippen LogP contribution < -0.4 is 5.32 Å². The third kappa shape index (κ3) is 3.41. The highest BCUT2D eigenvalue weighted by atomic mass is 16.5. The molecule has 1 aliphatic rings. The molecule has 0 spiro atoms. The third-order valence-corrected chi connectivity index (χ3v) is 2.36. The van der Waals surface area contributed by atoms with Crippen molar-refractivity contribution in [1.82, 2.24) is 5.32 Å². The van der Waals surface area contributed by atoms with Crippen molar-refractivity contribution in [2.75, 3.05) is 6.61 Å².